The van der Waals surface area contributed by atoms with E-state index in [2.05, 4.69) is 10.3 Å². The Labute approximate surface area is 140 Å². The number of carbonyl (C=O) groups is 1. The minimum atomic E-state index is -0.101. The molecule has 2 rings (SSSR count). The van der Waals surface area contributed by atoms with Gasteiger partial charge >= 0.3 is 0 Å². The van der Waals surface area contributed by atoms with Crippen molar-refractivity contribution in [3.8, 4) is 0 Å². The lowest BCUT2D eigenvalue weighted by molar-refractivity contribution is -0.117. The van der Waals surface area contributed by atoms with E-state index in [1.54, 1.807) is 30.6 Å². The fourth-order valence-corrected chi connectivity index (χ4v) is 2.55. The van der Waals surface area contributed by atoms with Crippen molar-refractivity contribution < 1.29 is 4.79 Å². The summed E-state index contributed by atoms with van der Waals surface area (Å²) in [4.78, 5) is 18.0. The number of rotatable bonds is 6. The second-order valence-electron chi connectivity index (χ2n) is 5.05. The quantitative estimate of drug-likeness (QED) is 0.877. The molecule has 1 heterocycles. The van der Waals surface area contributed by atoms with Gasteiger partial charge in [0.1, 0.15) is 0 Å². The average Bonchev–Trinajstić information content (AvgIpc) is 2.45. The van der Waals surface area contributed by atoms with Crippen molar-refractivity contribution in [3.05, 3.63) is 58.3 Å². The van der Waals surface area contributed by atoms with Gasteiger partial charge in [-0.05, 0) is 49.4 Å². The van der Waals surface area contributed by atoms with Gasteiger partial charge in [-0.1, -0.05) is 23.2 Å². The van der Waals surface area contributed by atoms with Gasteiger partial charge in [0.05, 0.1) is 6.54 Å². The highest BCUT2D eigenvalue weighted by Crippen LogP contribution is 2.22. The van der Waals surface area contributed by atoms with E-state index < -0.39 is 0 Å². The number of carbonyl (C=O) groups excluding carboxylic acids is 1. The number of benzene rings is 1. The summed E-state index contributed by atoms with van der Waals surface area (Å²) < 4.78 is 0. The maximum atomic E-state index is 12.0. The molecule has 0 radical (unpaired) electrons. The zero-order chi connectivity index (χ0) is 15.9. The minimum absolute atomic E-state index is 0.101. The van der Waals surface area contributed by atoms with Crippen molar-refractivity contribution in [2.75, 3.05) is 25.5 Å². The van der Waals surface area contributed by atoms with Crippen LogP contribution in [-0.4, -0.2) is 35.9 Å². The van der Waals surface area contributed by atoms with E-state index in [-0.39, 0.29) is 5.91 Å². The van der Waals surface area contributed by atoms with Gasteiger partial charge in [-0.15, -0.1) is 0 Å². The molecule has 0 atom stereocenters. The van der Waals surface area contributed by atoms with E-state index in [0.717, 1.165) is 13.0 Å². The molecule has 0 fully saturated rings. The Morgan fingerprint density at radius 2 is 1.82 bits per heavy atom. The lowest BCUT2D eigenvalue weighted by atomic mass is 10.2. The maximum absolute atomic E-state index is 12.0. The monoisotopic (exact) mass is 337 g/mol. The highest BCUT2D eigenvalue weighted by atomic mass is 35.5. The highest BCUT2D eigenvalue weighted by Gasteiger charge is 2.08. The van der Waals surface area contributed by atoms with Crippen molar-refractivity contribution in [2.24, 2.45) is 0 Å². The molecule has 0 bridgehead atoms. The van der Waals surface area contributed by atoms with Crippen LogP contribution in [0.4, 0.5) is 5.69 Å². The molecule has 22 heavy (non-hydrogen) atoms. The zero-order valence-corrected chi connectivity index (χ0v) is 13.7. The third kappa shape index (κ3) is 5.64. The van der Waals surface area contributed by atoms with Crippen LogP contribution in [0.5, 0.6) is 0 Å². The molecule has 1 aromatic heterocycles. The van der Waals surface area contributed by atoms with E-state index in [4.69, 9.17) is 23.2 Å². The summed E-state index contributed by atoms with van der Waals surface area (Å²) in [5, 5.41) is 3.78. The standard InChI is InChI=1S/C16H17Cl2N3O/c1-21(7-4-12-2-5-19-6-3-12)11-16(22)20-15-9-13(17)8-14(18)10-15/h2-3,5-6,8-10H,4,7,11H2,1H3,(H,20,22). The first kappa shape index (κ1) is 16.7. The maximum Gasteiger partial charge on any atom is 0.238 e. The Morgan fingerprint density at radius 3 is 2.45 bits per heavy atom. The van der Waals surface area contributed by atoms with E-state index >= 15 is 0 Å². The third-order valence-corrected chi connectivity index (χ3v) is 3.53. The first-order valence-corrected chi connectivity index (χ1v) is 7.62. The summed E-state index contributed by atoms with van der Waals surface area (Å²) in [6.45, 7) is 1.09. The molecule has 0 saturated heterocycles. The highest BCUT2D eigenvalue weighted by molar-refractivity contribution is 6.35. The molecule has 1 N–H and O–H groups in total. The van der Waals surface area contributed by atoms with Crippen LogP contribution in [0.25, 0.3) is 0 Å². The van der Waals surface area contributed by atoms with Gasteiger partial charge in [-0.3, -0.25) is 14.7 Å². The van der Waals surface area contributed by atoms with Crippen molar-refractivity contribution in [1.29, 1.82) is 0 Å². The van der Waals surface area contributed by atoms with Crippen LogP contribution in [0.3, 0.4) is 0 Å². The van der Waals surface area contributed by atoms with Crippen molar-refractivity contribution in [2.45, 2.75) is 6.42 Å². The zero-order valence-electron chi connectivity index (χ0n) is 12.2. The molecule has 0 aliphatic rings. The number of hydrogen-bond acceptors (Lipinski definition) is 3. The van der Waals surface area contributed by atoms with Gasteiger partial charge in [0.2, 0.25) is 5.91 Å². The largest absolute Gasteiger partial charge is 0.325 e. The molecule has 4 nitrogen and oxygen atoms in total. The Balaban J connectivity index is 1.81. The Morgan fingerprint density at radius 1 is 1.18 bits per heavy atom. The van der Waals surface area contributed by atoms with Gasteiger partial charge in [-0.25, -0.2) is 0 Å². The summed E-state index contributed by atoms with van der Waals surface area (Å²) in [6.07, 6.45) is 4.41. The second-order valence-corrected chi connectivity index (χ2v) is 5.92. The van der Waals surface area contributed by atoms with Crippen LogP contribution in [0.1, 0.15) is 5.56 Å². The molecule has 0 unspecified atom stereocenters. The van der Waals surface area contributed by atoms with Gasteiger partial charge < -0.3 is 5.32 Å². The van der Waals surface area contributed by atoms with Crippen LogP contribution in [0.15, 0.2) is 42.7 Å². The first-order chi connectivity index (χ1) is 10.5. The molecule has 1 aromatic carbocycles. The topological polar surface area (TPSA) is 45.2 Å². The third-order valence-electron chi connectivity index (χ3n) is 3.09. The summed E-state index contributed by atoms with van der Waals surface area (Å²) >= 11 is 11.8. The smallest absolute Gasteiger partial charge is 0.238 e. The first-order valence-electron chi connectivity index (χ1n) is 6.86. The number of aromatic nitrogens is 1. The molecular formula is C16H17Cl2N3O. The molecule has 0 aliphatic carbocycles. The van der Waals surface area contributed by atoms with Gasteiger partial charge in [0.15, 0.2) is 0 Å². The average molecular weight is 338 g/mol. The Bertz CT molecular complexity index is 614. The molecule has 0 spiro atoms. The number of amides is 1. The summed E-state index contributed by atoms with van der Waals surface area (Å²) in [5.74, 6) is -0.101. The van der Waals surface area contributed by atoms with Crippen LogP contribution in [0, 0.1) is 0 Å². The lowest BCUT2D eigenvalue weighted by Gasteiger charge is -2.16. The molecule has 0 aliphatic heterocycles. The minimum Gasteiger partial charge on any atom is -0.325 e. The number of anilines is 1. The number of hydrogen-bond donors (Lipinski definition) is 1. The molecule has 1 amide bonds. The van der Waals surface area contributed by atoms with Crippen LogP contribution >= 0.6 is 23.2 Å². The van der Waals surface area contributed by atoms with Crippen molar-refractivity contribution in [3.63, 3.8) is 0 Å². The summed E-state index contributed by atoms with van der Waals surface area (Å²) in [6, 6.07) is 8.91. The van der Waals surface area contributed by atoms with Crippen LogP contribution in [-0.2, 0) is 11.2 Å². The van der Waals surface area contributed by atoms with E-state index in [9.17, 15) is 4.79 Å². The molecule has 116 valence electrons. The predicted molar refractivity (Wildman–Crippen MR) is 90.5 cm³/mol. The number of pyridine rings is 1. The van der Waals surface area contributed by atoms with Gasteiger partial charge in [0.25, 0.3) is 0 Å². The normalized spacial score (nSPS) is 10.7. The van der Waals surface area contributed by atoms with E-state index in [1.807, 2.05) is 24.1 Å². The van der Waals surface area contributed by atoms with Gasteiger partial charge in [0, 0.05) is 34.7 Å². The Kier molecular flexibility index (Phi) is 6.19. The number of nitrogens with one attached hydrogen (secondary N) is 1. The molecule has 2 aromatic rings. The van der Waals surface area contributed by atoms with Crippen molar-refractivity contribution in [1.82, 2.24) is 9.88 Å². The van der Waals surface area contributed by atoms with Gasteiger partial charge in [-0.2, -0.15) is 0 Å². The number of nitrogens with zero attached hydrogens (tertiary/aromatic N) is 2. The SMILES string of the molecule is CN(CCc1ccncc1)CC(=O)Nc1cc(Cl)cc(Cl)c1. The lowest BCUT2D eigenvalue weighted by Crippen LogP contribution is -2.31. The van der Waals surface area contributed by atoms with Crippen molar-refractivity contribution >= 4 is 34.8 Å². The fraction of sp³-hybridized carbons (Fsp3) is 0.250. The Hall–Kier alpha value is -1.62. The van der Waals surface area contributed by atoms with E-state index in [1.165, 1.54) is 5.56 Å². The van der Waals surface area contributed by atoms with Crippen LogP contribution in [0.2, 0.25) is 10.0 Å². The number of halogens is 2. The molecular weight excluding hydrogens is 321 g/mol. The second kappa shape index (κ2) is 8.13. The summed E-state index contributed by atoms with van der Waals surface area (Å²) in [7, 11) is 1.91. The predicted octanol–water partition coefficient (Wildman–Crippen LogP) is 3.50. The van der Waals surface area contributed by atoms with Crippen LogP contribution < -0.4 is 5.32 Å². The number of likely N-dealkylation sites (N-methyl/N-ethyl adjacent to an activating group) is 1. The fourth-order valence-electron chi connectivity index (χ4n) is 2.02. The molecule has 6 heteroatoms. The molecule has 0 saturated carbocycles. The van der Waals surface area contributed by atoms with E-state index in [0.29, 0.717) is 22.3 Å². The summed E-state index contributed by atoms with van der Waals surface area (Å²) in [5.41, 5.74) is 1.80.